The van der Waals surface area contributed by atoms with Gasteiger partial charge in [-0.2, -0.15) is 0 Å². The van der Waals surface area contributed by atoms with Gasteiger partial charge in [-0.1, -0.05) is 29.8 Å². The minimum absolute atomic E-state index is 0.0443. The van der Waals surface area contributed by atoms with Crippen LogP contribution in [-0.4, -0.2) is 18.2 Å². The molecule has 1 aliphatic heterocycles. The van der Waals surface area contributed by atoms with Gasteiger partial charge in [0.05, 0.1) is 5.69 Å². The van der Waals surface area contributed by atoms with E-state index in [0.29, 0.717) is 30.5 Å². The van der Waals surface area contributed by atoms with E-state index in [1.165, 1.54) is 0 Å². The molecular formula is C18H17NO2. The number of para-hydroxylation sites is 1. The van der Waals surface area contributed by atoms with E-state index >= 15 is 0 Å². The van der Waals surface area contributed by atoms with E-state index in [2.05, 4.69) is 0 Å². The van der Waals surface area contributed by atoms with Crippen molar-refractivity contribution in [1.29, 1.82) is 0 Å². The molecule has 1 aliphatic rings. The topological polar surface area (TPSA) is 37.4 Å². The van der Waals surface area contributed by atoms with Crippen LogP contribution in [0.5, 0.6) is 0 Å². The number of carbonyl (C=O) groups excluding carboxylic acids is 2. The van der Waals surface area contributed by atoms with Crippen molar-refractivity contribution in [1.82, 2.24) is 0 Å². The monoisotopic (exact) mass is 279 g/mol. The predicted molar refractivity (Wildman–Crippen MR) is 82.9 cm³/mol. The second-order valence-corrected chi connectivity index (χ2v) is 5.37. The Labute approximate surface area is 124 Å². The van der Waals surface area contributed by atoms with E-state index in [1.54, 1.807) is 11.0 Å². The Bertz CT molecular complexity index is 689. The van der Waals surface area contributed by atoms with Gasteiger partial charge in [0.2, 0.25) is 0 Å². The number of fused-ring (bicyclic) bond motifs is 1. The number of nitrogens with zero attached hydrogens (tertiary/aromatic N) is 1. The highest BCUT2D eigenvalue weighted by Gasteiger charge is 2.25. The van der Waals surface area contributed by atoms with Crippen molar-refractivity contribution in [3.05, 3.63) is 65.2 Å². The summed E-state index contributed by atoms with van der Waals surface area (Å²) in [5, 5.41) is 0. The summed E-state index contributed by atoms with van der Waals surface area (Å²) in [7, 11) is 0. The van der Waals surface area contributed by atoms with Gasteiger partial charge in [0.15, 0.2) is 5.78 Å². The summed E-state index contributed by atoms with van der Waals surface area (Å²) in [5.41, 5.74) is 3.16. The van der Waals surface area contributed by atoms with Crippen LogP contribution in [0.1, 0.15) is 39.1 Å². The average molecular weight is 279 g/mol. The lowest BCUT2D eigenvalue weighted by atomic mass is 10.1. The summed E-state index contributed by atoms with van der Waals surface area (Å²) in [6, 6.07) is 14.9. The molecule has 0 spiro atoms. The van der Waals surface area contributed by atoms with Gasteiger partial charge in [-0.25, -0.2) is 0 Å². The molecule has 0 radical (unpaired) electrons. The van der Waals surface area contributed by atoms with Gasteiger partial charge in [-0.3, -0.25) is 9.59 Å². The highest BCUT2D eigenvalue weighted by molar-refractivity contribution is 6.11. The molecule has 0 bridgehead atoms. The number of amides is 1. The van der Waals surface area contributed by atoms with Gasteiger partial charge in [0.25, 0.3) is 5.91 Å². The molecule has 0 N–H and O–H groups in total. The highest BCUT2D eigenvalue weighted by atomic mass is 16.2. The number of rotatable bonds is 1. The van der Waals surface area contributed by atoms with E-state index in [1.807, 2.05) is 49.4 Å². The number of carbonyl (C=O) groups is 2. The largest absolute Gasteiger partial charge is 0.308 e. The molecule has 2 aromatic carbocycles. The molecule has 0 fully saturated rings. The number of ketones is 1. The minimum Gasteiger partial charge on any atom is -0.308 e. The Hall–Kier alpha value is -2.42. The van der Waals surface area contributed by atoms with Gasteiger partial charge in [0.1, 0.15) is 0 Å². The first-order valence-corrected chi connectivity index (χ1v) is 7.17. The van der Waals surface area contributed by atoms with Gasteiger partial charge in [0, 0.05) is 24.1 Å². The van der Waals surface area contributed by atoms with Crippen LogP contribution >= 0.6 is 0 Å². The summed E-state index contributed by atoms with van der Waals surface area (Å²) in [6.45, 7) is 2.57. The third-order valence-corrected chi connectivity index (χ3v) is 3.82. The standard InChI is InChI=1S/C18H17NO2/c1-13-8-10-14(11-9-13)18(21)19-12-4-7-17(20)15-5-2-3-6-16(15)19/h2-3,5-6,8-11H,4,7,12H2,1H3. The SMILES string of the molecule is Cc1ccc(C(=O)N2CCCC(=O)c3ccccc32)cc1. The van der Waals surface area contributed by atoms with Crippen molar-refractivity contribution in [3.63, 3.8) is 0 Å². The van der Waals surface area contributed by atoms with Crippen LogP contribution in [0.3, 0.4) is 0 Å². The lowest BCUT2D eigenvalue weighted by Gasteiger charge is -2.22. The van der Waals surface area contributed by atoms with E-state index in [4.69, 9.17) is 0 Å². The molecule has 1 amide bonds. The Morgan fingerprint density at radius 2 is 1.76 bits per heavy atom. The molecule has 21 heavy (non-hydrogen) atoms. The molecule has 0 aromatic heterocycles. The van der Waals surface area contributed by atoms with E-state index in [-0.39, 0.29) is 11.7 Å². The quantitative estimate of drug-likeness (QED) is 0.799. The lowest BCUT2D eigenvalue weighted by molar-refractivity contribution is 0.0974. The van der Waals surface area contributed by atoms with Gasteiger partial charge < -0.3 is 4.90 Å². The minimum atomic E-state index is -0.0443. The summed E-state index contributed by atoms with van der Waals surface area (Å²) < 4.78 is 0. The zero-order valence-electron chi connectivity index (χ0n) is 12.0. The maximum absolute atomic E-state index is 12.7. The zero-order chi connectivity index (χ0) is 14.8. The Balaban J connectivity index is 2.01. The van der Waals surface area contributed by atoms with Gasteiger partial charge in [-0.05, 0) is 37.6 Å². The van der Waals surface area contributed by atoms with Crippen molar-refractivity contribution in [2.75, 3.05) is 11.4 Å². The molecule has 0 saturated heterocycles. The molecule has 0 aliphatic carbocycles. The van der Waals surface area contributed by atoms with Crippen molar-refractivity contribution in [2.45, 2.75) is 19.8 Å². The molecule has 2 aromatic rings. The molecule has 3 nitrogen and oxygen atoms in total. The number of aryl methyl sites for hydroxylation is 1. The third kappa shape index (κ3) is 2.59. The van der Waals surface area contributed by atoms with E-state index in [9.17, 15) is 9.59 Å². The van der Waals surface area contributed by atoms with Crippen LogP contribution in [0.25, 0.3) is 0 Å². The fraction of sp³-hybridized carbons (Fsp3) is 0.222. The number of hydrogen-bond acceptors (Lipinski definition) is 2. The first-order chi connectivity index (χ1) is 10.2. The van der Waals surface area contributed by atoms with E-state index in [0.717, 1.165) is 11.3 Å². The molecule has 1 heterocycles. The number of Topliss-reactive ketones (excluding diaryl/α,β-unsaturated/α-hetero) is 1. The van der Waals surface area contributed by atoms with Gasteiger partial charge in [-0.15, -0.1) is 0 Å². The molecule has 106 valence electrons. The van der Waals surface area contributed by atoms with Crippen molar-refractivity contribution in [2.24, 2.45) is 0 Å². The van der Waals surface area contributed by atoms with Crippen molar-refractivity contribution >= 4 is 17.4 Å². The molecular weight excluding hydrogens is 262 g/mol. The smallest absolute Gasteiger partial charge is 0.258 e. The average Bonchev–Trinajstić information content (AvgIpc) is 2.67. The normalized spacial score (nSPS) is 14.5. The third-order valence-electron chi connectivity index (χ3n) is 3.82. The molecule has 0 atom stereocenters. The number of anilines is 1. The summed E-state index contributed by atoms with van der Waals surface area (Å²) in [6.07, 6.45) is 1.19. The summed E-state index contributed by atoms with van der Waals surface area (Å²) >= 11 is 0. The first kappa shape index (κ1) is 13.6. The highest BCUT2D eigenvalue weighted by Crippen LogP contribution is 2.27. The van der Waals surface area contributed by atoms with Crippen molar-refractivity contribution < 1.29 is 9.59 Å². The summed E-state index contributed by atoms with van der Waals surface area (Å²) in [4.78, 5) is 26.6. The Kier molecular flexibility index (Phi) is 3.57. The molecule has 0 unspecified atom stereocenters. The second kappa shape index (κ2) is 5.52. The van der Waals surface area contributed by atoms with Gasteiger partial charge >= 0.3 is 0 Å². The molecule has 3 heteroatoms. The van der Waals surface area contributed by atoms with Crippen LogP contribution in [0.2, 0.25) is 0 Å². The second-order valence-electron chi connectivity index (χ2n) is 5.37. The first-order valence-electron chi connectivity index (χ1n) is 7.17. The number of benzene rings is 2. The predicted octanol–water partition coefficient (Wildman–Crippen LogP) is 3.62. The van der Waals surface area contributed by atoms with Crippen LogP contribution in [0.15, 0.2) is 48.5 Å². The fourth-order valence-electron chi connectivity index (χ4n) is 2.66. The van der Waals surface area contributed by atoms with Crippen LogP contribution in [-0.2, 0) is 0 Å². The fourth-order valence-corrected chi connectivity index (χ4v) is 2.66. The van der Waals surface area contributed by atoms with Crippen LogP contribution in [0.4, 0.5) is 5.69 Å². The van der Waals surface area contributed by atoms with Crippen LogP contribution < -0.4 is 4.90 Å². The zero-order valence-corrected chi connectivity index (χ0v) is 12.0. The maximum atomic E-state index is 12.7. The number of hydrogen-bond donors (Lipinski definition) is 0. The maximum Gasteiger partial charge on any atom is 0.258 e. The van der Waals surface area contributed by atoms with Crippen LogP contribution in [0, 0.1) is 6.92 Å². The Morgan fingerprint density at radius 1 is 1.05 bits per heavy atom. The lowest BCUT2D eigenvalue weighted by Crippen LogP contribution is -2.31. The Morgan fingerprint density at radius 3 is 2.52 bits per heavy atom. The van der Waals surface area contributed by atoms with E-state index < -0.39 is 0 Å². The molecule has 3 rings (SSSR count). The molecule has 0 saturated carbocycles. The summed E-state index contributed by atoms with van der Waals surface area (Å²) in [5.74, 6) is 0.0713. The van der Waals surface area contributed by atoms with Crippen molar-refractivity contribution in [3.8, 4) is 0 Å².